The summed E-state index contributed by atoms with van der Waals surface area (Å²) in [5, 5.41) is 11.9. The van der Waals surface area contributed by atoms with Crippen LogP contribution in [0.4, 0.5) is 10.5 Å². The third kappa shape index (κ3) is 3.39. The Morgan fingerprint density at radius 1 is 1.07 bits per heavy atom. The number of nitrogens with one attached hydrogen (secondary N) is 1. The van der Waals surface area contributed by atoms with E-state index in [-0.39, 0.29) is 17.1 Å². The van der Waals surface area contributed by atoms with E-state index in [1.165, 1.54) is 31.4 Å². The third-order valence-corrected chi connectivity index (χ3v) is 4.22. The third-order valence-electron chi connectivity index (χ3n) is 4.22. The number of hydrogen-bond acceptors (Lipinski definition) is 5. The molecule has 138 valence electrons. The minimum atomic E-state index is -0.792. The van der Waals surface area contributed by atoms with Crippen LogP contribution in [0, 0.1) is 13.8 Å². The van der Waals surface area contributed by atoms with Crippen LogP contribution >= 0.6 is 0 Å². The highest BCUT2D eigenvalue weighted by Gasteiger charge is 2.37. The normalized spacial score (nSPS) is 15.9. The fourth-order valence-electron chi connectivity index (χ4n) is 2.79. The molecule has 1 aliphatic rings. The molecular weight excluding hydrogens is 348 g/mol. The van der Waals surface area contributed by atoms with Crippen LogP contribution in [-0.2, 0) is 9.59 Å². The van der Waals surface area contributed by atoms with Crippen molar-refractivity contribution in [1.29, 1.82) is 0 Å². The number of nitrogens with zero attached hydrogens (tertiary/aromatic N) is 1. The average molecular weight is 366 g/mol. The van der Waals surface area contributed by atoms with Crippen LogP contribution in [0.1, 0.15) is 16.7 Å². The molecule has 1 saturated heterocycles. The van der Waals surface area contributed by atoms with Gasteiger partial charge >= 0.3 is 6.03 Å². The Hall–Kier alpha value is -3.61. The molecule has 0 radical (unpaired) electrons. The second-order valence-corrected chi connectivity index (χ2v) is 6.18. The maximum Gasteiger partial charge on any atom is 0.335 e. The summed E-state index contributed by atoms with van der Waals surface area (Å²) in [4.78, 5) is 38.4. The summed E-state index contributed by atoms with van der Waals surface area (Å²) in [6.07, 6.45) is 1.35. The zero-order valence-electron chi connectivity index (χ0n) is 15.1. The number of phenols is 1. The summed E-state index contributed by atoms with van der Waals surface area (Å²) in [5.41, 5.74) is 2.30. The van der Waals surface area contributed by atoms with Crippen molar-refractivity contribution in [2.45, 2.75) is 13.8 Å². The van der Waals surface area contributed by atoms with Gasteiger partial charge in [0.1, 0.15) is 5.57 Å². The molecule has 7 heteroatoms. The van der Waals surface area contributed by atoms with E-state index < -0.39 is 17.8 Å². The van der Waals surface area contributed by atoms with E-state index in [4.69, 9.17) is 4.74 Å². The summed E-state index contributed by atoms with van der Waals surface area (Å²) in [7, 11) is 1.39. The van der Waals surface area contributed by atoms with Gasteiger partial charge in [-0.05, 0) is 54.8 Å². The molecule has 2 N–H and O–H groups in total. The first-order valence-electron chi connectivity index (χ1n) is 8.17. The molecule has 0 bridgehead atoms. The van der Waals surface area contributed by atoms with Gasteiger partial charge in [0.2, 0.25) is 0 Å². The summed E-state index contributed by atoms with van der Waals surface area (Å²) in [6.45, 7) is 3.62. The number of imide groups is 2. The second-order valence-electron chi connectivity index (χ2n) is 6.18. The fraction of sp³-hybridized carbons (Fsp3) is 0.150. The second kappa shape index (κ2) is 6.95. The lowest BCUT2D eigenvalue weighted by Crippen LogP contribution is -2.54. The number of barbiturate groups is 1. The van der Waals surface area contributed by atoms with Crippen LogP contribution in [0.25, 0.3) is 6.08 Å². The molecule has 0 atom stereocenters. The highest BCUT2D eigenvalue weighted by molar-refractivity contribution is 6.39. The number of amides is 4. The smallest absolute Gasteiger partial charge is 0.335 e. The van der Waals surface area contributed by atoms with Crippen LogP contribution in [-0.4, -0.2) is 30.1 Å². The summed E-state index contributed by atoms with van der Waals surface area (Å²) in [6, 6.07) is 9.00. The monoisotopic (exact) mass is 366 g/mol. The highest BCUT2D eigenvalue weighted by atomic mass is 16.5. The van der Waals surface area contributed by atoms with Gasteiger partial charge in [0.05, 0.1) is 12.8 Å². The standard InChI is InChI=1S/C20H18N2O5/c1-11-4-5-12(2)15(8-11)22-19(25)14(18(24)21-20(22)26)9-13-6-7-16(23)17(10-13)27-3/h4-10,23H,1-3H3,(H,21,24,26). The molecule has 2 aromatic carbocycles. The molecule has 1 aliphatic heterocycles. The predicted molar refractivity (Wildman–Crippen MR) is 99.6 cm³/mol. The number of rotatable bonds is 3. The van der Waals surface area contributed by atoms with E-state index in [1.54, 1.807) is 19.1 Å². The van der Waals surface area contributed by atoms with Crippen molar-refractivity contribution < 1.29 is 24.2 Å². The molecule has 0 unspecified atom stereocenters. The number of urea groups is 1. The first-order chi connectivity index (χ1) is 12.8. The molecule has 7 nitrogen and oxygen atoms in total. The maximum absolute atomic E-state index is 12.9. The largest absolute Gasteiger partial charge is 0.504 e. The number of aryl methyl sites for hydroxylation is 2. The van der Waals surface area contributed by atoms with Gasteiger partial charge in [-0.25, -0.2) is 9.69 Å². The van der Waals surface area contributed by atoms with Crippen molar-refractivity contribution >= 4 is 29.6 Å². The zero-order valence-corrected chi connectivity index (χ0v) is 15.1. The molecule has 3 rings (SSSR count). The SMILES string of the molecule is COc1cc(C=C2C(=O)NC(=O)N(c3cc(C)ccc3C)C2=O)ccc1O. The summed E-state index contributed by atoms with van der Waals surface area (Å²) in [5.74, 6) is -1.36. The number of carbonyl (C=O) groups excluding carboxylic acids is 3. The number of hydrogen-bond donors (Lipinski definition) is 2. The highest BCUT2D eigenvalue weighted by Crippen LogP contribution is 2.29. The zero-order chi connectivity index (χ0) is 19.7. The van der Waals surface area contributed by atoms with Crippen LogP contribution < -0.4 is 15.0 Å². The van der Waals surface area contributed by atoms with Gasteiger partial charge in [-0.2, -0.15) is 0 Å². The van der Waals surface area contributed by atoms with E-state index >= 15 is 0 Å². The van der Waals surface area contributed by atoms with Gasteiger partial charge in [-0.15, -0.1) is 0 Å². The maximum atomic E-state index is 12.9. The van der Waals surface area contributed by atoms with E-state index in [2.05, 4.69) is 5.32 Å². The Labute approximate surface area is 155 Å². The minimum Gasteiger partial charge on any atom is -0.504 e. The lowest BCUT2D eigenvalue weighted by Gasteiger charge is -2.27. The first-order valence-corrected chi connectivity index (χ1v) is 8.17. The van der Waals surface area contributed by atoms with Gasteiger partial charge in [-0.1, -0.05) is 18.2 Å². The van der Waals surface area contributed by atoms with Crippen LogP contribution in [0.3, 0.4) is 0 Å². The minimum absolute atomic E-state index is 0.0636. The topological polar surface area (TPSA) is 95.9 Å². The number of benzene rings is 2. The molecule has 0 aromatic heterocycles. The number of carbonyl (C=O) groups is 3. The van der Waals surface area contributed by atoms with Crippen molar-refractivity contribution in [2.24, 2.45) is 0 Å². The van der Waals surface area contributed by atoms with Gasteiger partial charge < -0.3 is 9.84 Å². The van der Waals surface area contributed by atoms with Crippen molar-refractivity contribution in [3.8, 4) is 11.5 Å². The van der Waals surface area contributed by atoms with Gasteiger partial charge in [0.15, 0.2) is 11.5 Å². The van der Waals surface area contributed by atoms with Crippen LogP contribution in [0.5, 0.6) is 11.5 Å². The average Bonchev–Trinajstić information content (AvgIpc) is 2.62. The summed E-state index contributed by atoms with van der Waals surface area (Å²) >= 11 is 0. The Balaban J connectivity index is 2.06. The Morgan fingerprint density at radius 2 is 1.81 bits per heavy atom. The van der Waals surface area contributed by atoms with E-state index in [1.807, 2.05) is 13.0 Å². The van der Waals surface area contributed by atoms with Gasteiger partial charge in [-0.3, -0.25) is 14.9 Å². The number of aromatic hydroxyl groups is 1. The van der Waals surface area contributed by atoms with E-state index in [9.17, 15) is 19.5 Å². The molecule has 4 amide bonds. The van der Waals surface area contributed by atoms with Crippen molar-refractivity contribution in [1.82, 2.24) is 5.32 Å². The molecule has 0 spiro atoms. The van der Waals surface area contributed by atoms with Crippen molar-refractivity contribution in [3.63, 3.8) is 0 Å². The molecular formula is C20H18N2O5. The lowest BCUT2D eigenvalue weighted by atomic mass is 10.0. The van der Waals surface area contributed by atoms with Crippen molar-refractivity contribution in [2.75, 3.05) is 12.0 Å². The lowest BCUT2D eigenvalue weighted by molar-refractivity contribution is -0.122. The quantitative estimate of drug-likeness (QED) is 0.643. The van der Waals surface area contributed by atoms with Crippen LogP contribution in [0.2, 0.25) is 0 Å². The predicted octanol–water partition coefficient (Wildman–Crippen LogP) is 2.68. The molecule has 0 saturated carbocycles. The molecule has 1 heterocycles. The Morgan fingerprint density at radius 3 is 2.52 bits per heavy atom. The molecule has 2 aromatic rings. The Bertz CT molecular complexity index is 994. The van der Waals surface area contributed by atoms with E-state index in [0.717, 1.165) is 16.0 Å². The number of anilines is 1. The molecule has 1 fully saturated rings. The first kappa shape index (κ1) is 18.2. The van der Waals surface area contributed by atoms with Gasteiger partial charge in [0, 0.05) is 0 Å². The Kier molecular flexibility index (Phi) is 4.68. The van der Waals surface area contributed by atoms with Gasteiger partial charge in [0.25, 0.3) is 11.8 Å². The number of phenolic OH excluding ortho intramolecular Hbond substituents is 1. The molecule has 0 aliphatic carbocycles. The molecule has 27 heavy (non-hydrogen) atoms. The van der Waals surface area contributed by atoms with Crippen LogP contribution in [0.15, 0.2) is 42.0 Å². The van der Waals surface area contributed by atoms with Crippen molar-refractivity contribution in [3.05, 3.63) is 58.7 Å². The number of ether oxygens (including phenoxy) is 1. The number of methoxy groups -OCH3 is 1. The fourth-order valence-corrected chi connectivity index (χ4v) is 2.79. The summed E-state index contributed by atoms with van der Waals surface area (Å²) < 4.78 is 5.04. The van der Waals surface area contributed by atoms with E-state index in [0.29, 0.717) is 11.3 Å².